The highest BCUT2D eigenvalue weighted by atomic mass is 16.6. The van der Waals surface area contributed by atoms with E-state index in [1.807, 2.05) is 0 Å². The van der Waals surface area contributed by atoms with Crippen molar-refractivity contribution < 1.29 is 38.1 Å². The van der Waals surface area contributed by atoms with Crippen LogP contribution in [0.4, 0.5) is 19.2 Å². The third-order valence-electron chi connectivity index (χ3n) is 3.66. The summed E-state index contributed by atoms with van der Waals surface area (Å²) >= 11 is 0. The Labute approximate surface area is 195 Å². The molecular weight excluding hydrogens is 436 g/mol. The van der Waals surface area contributed by atoms with Gasteiger partial charge in [0.25, 0.3) is 0 Å². The first-order valence-corrected chi connectivity index (χ1v) is 11.0. The zero-order chi connectivity index (χ0) is 25.6. The van der Waals surface area contributed by atoms with Gasteiger partial charge in [0, 0.05) is 24.2 Å². The van der Waals surface area contributed by atoms with E-state index in [-0.39, 0.29) is 50.6 Å². The summed E-state index contributed by atoms with van der Waals surface area (Å²) in [6, 6.07) is -0.718. The van der Waals surface area contributed by atoms with E-state index < -0.39 is 29.8 Å². The molecule has 0 bridgehead atoms. The summed E-state index contributed by atoms with van der Waals surface area (Å²) in [6.45, 7) is 12.6. The highest BCUT2D eigenvalue weighted by Gasteiger charge is 2.38. The Morgan fingerprint density at radius 1 is 0.485 bits per heavy atom. The molecule has 4 N–H and O–H groups in total. The predicted molar refractivity (Wildman–Crippen MR) is 121 cm³/mol. The summed E-state index contributed by atoms with van der Waals surface area (Å²) < 4.78 is 21.1. The maximum absolute atomic E-state index is 12.1. The quantitative estimate of drug-likeness (QED) is 0.313. The van der Waals surface area contributed by atoms with Gasteiger partial charge in [0.2, 0.25) is 0 Å². The molecule has 0 heterocycles. The van der Waals surface area contributed by atoms with Crippen LogP contribution in [0.15, 0.2) is 0 Å². The maximum Gasteiger partial charge on any atom is 0.407 e. The molecule has 0 rings (SSSR count). The lowest BCUT2D eigenvalue weighted by Crippen LogP contribution is -2.48. The number of alkyl carbamates (subject to hydrolysis) is 4. The minimum Gasteiger partial charge on any atom is -0.449 e. The van der Waals surface area contributed by atoms with E-state index in [1.165, 1.54) is 0 Å². The lowest BCUT2D eigenvalue weighted by molar-refractivity contribution is -0.0493. The monoisotopic (exact) mass is 476 g/mol. The molecule has 0 aliphatic heterocycles. The van der Waals surface area contributed by atoms with Crippen molar-refractivity contribution in [3.05, 3.63) is 0 Å². The van der Waals surface area contributed by atoms with E-state index in [2.05, 4.69) is 21.3 Å². The van der Waals surface area contributed by atoms with Crippen molar-refractivity contribution in [2.24, 2.45) is 5.41 Å². The molecule has 0 unspecified atom stereocenters. The standard InChI is InChI=1S/C21H40N4O8/c1-13(2)22-17(26)30-9-21(10-31-18(27)23-14(3)4,11-32-19(28)24-15(5)6)12-33-20(29)25-16(7)8/h13-16H,9-12H2,1-8H3,(H,22,26)(H,23,27)(H,24,28)(H,25,29). The highest BCUT2D eigenvalue weighted by molar-refractivity contribution is 5.69. The van der Waals surface area contributed by atoms with E-state index in [0.29, 0.717) is 0 Å². The first kappa shape index (κ1) is 30.1. The topological polar surface area (TPSA) is 153 Å². The molecule has 0 aliphatic rings. The molecule has 0 spiro atoms. The molecule has 0 saturated heterocycles. The van der Waals surface area contributed by atoms with Crippen LogP contribution in [0.2, 0.25) is 0 Å². The molecule has 0 aliphatic carbocycles. The third kappa shape index (κ3) is 15.5. The molecule has 0 fully saturated rings. The molecule has 0 aromatic carbocycles. The van der Waals surface area contributed by atoms with Gasteiger partial charge in [0.15, 0.2) is 0 Å². The number of amides is 4. The number of carbonyl (C=O) groups is 4. The average molecular weight is 477 g/mol. The molecular formula is C21H40N4O8. The van der Waals surface area contributed by atoms with Crippen LogP contribution in [0.3, 0.4) is 0 Å². The van der Waals surface area contributed by atoms with Gasteiger partial charge in [-0.05, 0) is 55.4 Å². The Morgan fingerprint density at radius 3 is 0.818 bits per heavy atom. The fourth-order valence-corrected chi connectivity index (χ4v) is 2.23. The number of rotatable bonds is 12. The SMILES string of the molecule is CC(C)NC(=O)OCC(COC(=O)NC(C)C)(COC(=O)NC(C)C)COC(=O)NC(C)C. The number of ether oxygens (including phenoxy) is 4. The van der Waals surface area contributed by atoms with Gasteiger partial charge in [-0.1, -0.05) is 0 Å². The molecule has 12 heteroatoms. The van der Waals surface area contributed by atoms with Crippen LogP contribution in [0.25, 0.3) is 0 Å². The zero-order valence-corrected chi connectivity index (χ0v) is 20.9. The van der Waals surface area contributed by atoms with E-state index in [9.17, 15) is 19.2 Å². The molecule has 0 aromatic heterocycles. The zero-order valence-electron chi connectivity index (χ0n) is 20.9. The summed E-state index contributed by atoms with van der Waals surface area (Å²) in [7, 11) is 0. The normalized spacial score (nSPS) is 11.3. The first-order chi connectivity index (χ1) is 15.2. The number of hydrogen-bond acceptors (Lipinski definition) is 8. The lowest BCUT2D eigenvalue weighted by atomic mass is 9.92. The summed E-state index contributed by atoms with van der Waals surface area (Å²) in [5.74, 6) is 0. The van der Waals surface area contributed by atoms with Crippen LogP contribution in [0.5, 0.6) is 0 Å². The van der Waals surface area contributed by atoms with Gasteiger partial charge in [-0.25, -0.2) is 19.2 Å². The van der Waals surface area contributed by atoms with E-state index in [1.54, 1.807) is 55.4 Å². The maximum atomic E-state index is 12.1. The molecule has 33 heavy (non-hydrogen) atoms. The smallest absolute Gasteiger partial charge is 0.407 e. The van der Waals surface area contributed by atoms with Gasteiger partial charge in [0.1, 0.15) is 31.8 Å². The lowest BCUT2D eigenvalue weighted by Gasteiger charge is -2.32. The van der Waals surface area contributed by atoms with Gasteiger partial charge in [-0.3, -0.25) is 0 Å². The van der Waals surface area contributed by atoms with Crippen molar-refractivity contribution in [1.82, 2.24) is 21.3 Å². The van der Waals surface area contributed by atoms with Gasteiger partial charge in [-0.15, -0.1) is 0 Å². The Balaban J connectivity index is 5.59. The van der Waals surface area contributed by atoms with Crippen LogP contribution in [0, 0.1) is 5.41 Å². The van der Waals surface area contributed by atoms with Gasteiger partial charge >= 0.3 is 24.4 Å². The van der Waals surface area contributed by atoms with Crippen LogP contribution in [0.1, 0.15) is 55.4 Å². The van der Waals surface area contributed by atoms with Crippen molar-refractivity contribution in [2.45, 2.75) is 79.6 Å². The number of hydrogen-bond donors (Lipinski definition) is 4. The third-order valence-corrected chi connectivity index (χ3v) is 3.66. The Kier molecular flexibility index (Phi) is 13.7. The van der Waals surface area contributed by atoms with Gasteiger partial charge in [0.05, 0.1) is 0 Å². The second-order valence-electron chi connectivity index (χ2n) is 9.00. The Bertz CT molecular complexity index is 528. The van der Waals surface area contributed by atoms with Gasteiger partial charge < -0.3 is 40.2 Å². The van der Waals surface area contributed by atoms with E-state index in [4.69, 9.17) is 18.9 Å². The highest BCUT2D eigenvalue weighted by Crippen LogP contribution is 2.21. The van der Waals surface area contributed by atoms with Crippen molar-refractivity contribution in [1.29, 1.82) is 0 Å². The molecule has 0 atom stereocenters. The van der Waals surface area contributed by atoms with Crippen molar-refractivity contribution in [3.63, 3.8) is 0 Å². The Hall–Kier alpha value is -2.92. The number of nitrogens with one attached hydrogen (secondary N) is 4. The van der Waals surface area contributed by atoms with E-state index >= 15 is 0 Å². The van der Waals surface area contributed by atoms with Crippen LogP contribution >= 0.6 is 0 Å². The van der Waals surface area contributed by atoms with Crippen molar-refractivity contribution >= 4 is 24.4 Å². The molecule has 0 aromatic rings. The summed E-state index contributed by atoms with van der Waals surface area (Å²) in [6.07, 6.45) is -2.89. The molecule has 4 amide bonds. The van der Waals surface area contributed by atoms with E-state index in [0.717, 1.165) is 0 Å². The summed E-state index contributed by atoms with van der Waals surface area (Å²) in [5, 5.41) is 10.3. The number of carbonyl (C=O) groups excluding carboxylic acids is 4. The van der Waals surface area contributed by atoms with Crippen LogP contribution in [-0.4, -0.2) is 75.0 Å². The minimum atomic E-state index is -1.36. The first-order valence-electron chi connectivity index (χ1n) is 11.0. The fourth-order valence-electron chi connectivity index (χ4n) is 2.23. The minimum absolute atomic E-state index is 0.180. The van der Waals surface area contributed by atoms with Crippen LogP contribution in [-0.2, 0) is 18.9 Å². The average Bonchev–Trinajstić information content (AvgIpc) is 2.64. The second-order valence-corrected chi connectivity index (χ2v) is 9.00. The Morgan fingerprint density at radius 2 is 0.667 bits per heavy atom. The molecule has 0 radical (unpaired) electrons. The molecule has 12 nitrogen and oxygen atoms in total. The second kappa shape index (κ2) is 15.0. The van der Waals surface area contributed by atoms with Crippen molar-refractivity contribution in [3.8, 4) is 0 Å². The fraction of sp³-hybridized carbons (Fsp3) is 0.810. The molecule has 192 valence electrons. The summed E-state index contributed by atoms with van der Waals surface area (Å²) in [4.78, 5) is 48.2. The van der Waals surface area contributed by atoms with Crippen LogP contribution < -0.4 is 21.3 Å². The molecule has 0 saturated carbocycles. The largest absolute Gasteiger partial charge is 0.449 e. The predicted octanol–water partition coefficient (Wildman–Crippen LogP) is 2.51. The van der Waals surface area contributed by atoms with Crippen molar-refractivity contribution in [2.75, 3.05) is 26.4 Å². The van der Waals surface area contributed by atoms with Gasteiger partial charge in [-0.2, -0.15) is 0 Å². The summed E-state index contributed by atoms with van der Waals surface area (Å²) in [5.41, 5.74) is -1.36.